The lowest BCUT2D eigenvalue weighted by Gasteiger charge is -2.31. The Bertz CT molecular complexity index is 391. The number of nitrogens with one attached hydrogen (secondary N) is 1. The first kappa shape index (κ1) is 14.4. The van der Waals surface area contributed by atoms with Gasteiger partial charge in [0.05, 0.1) is 5.69 Å². The second-order valence-corrected chi connectivity index (χ2v) is 5.92. The van der Waals surface area contributed by atoms with E-state index in [1.807, 2.05) is 0 Å². The second-order valence-electron chi connectivity index (χ2n) is 5.92. The topological polar surface area (TPSA) is 33.1 Å². The molecular weight excluding hydrogens is 236 g/mol. The van der Waals surface area contributed by atoms with E-state index in [1.54, 1.807) is 0 Å². The Morgan fingerprint density at radius 2 is 2.11 bits per heavy atom. The molecule has 0 aromatic carbocycles. The first-order valence-electron chi connectivity index (χ1n) is 7.63. The average Bonchev–Trinajstić information content (AvgIpc) is 2.79. The molecule has 0 saturated carbocycles. The Balaban J connectivity index is 2.11. The van der Waals surface area contributed by atoms with E-state index in [0.29, 0.717) is 6.04 Å². The minimum Gasteiger partial charge on any atom is -0.342 e. The third-order valence-corrected chi connectivity index (χ3v) is 3.99. The summed E-state index contributed by atoms with van der Waals surface area (Å²) in [6, 6.07) is 0.471. The summed E-state index contributed by atoms with van der Waals surface area (Å²) in [6.07, 6.45) is 4.75. The molecule has 4 heteroatoms. The van der Waals surface area contributed by atoms with Crippen molar-refractivity contribution in [3.63, 3.8) is 0 Å². The normalized spacial score (nSPS) is 17.1. The standard InChI is InChI=1S/C15H28N4/c1-5-18(11-14-6-8-16-9-7-14)15-17-13(4)10-19(15)12(2)3/h10,12,14,16H,5-9,11H2,1-4H3. The monoisotopic (exact) mass is 264 g/mol. The van der Waals surface area contributed by atoms with Gasteiger partial charge in [0.25, 0.3) is 0 Å². The molecule has 1 N–H and O–H groups in total. The number of aryl methyl sites for hydroxylation is 1. The van der Waals surface area contributed by atoms with Gasteiger partial charge in [-0.25, -0.2) is 4.98 Å². The number of piperidine rings is 1. The fourth-order valence-electron chi connectivity index (χ4n) is 2.85. The first-order valence-corrected chi connectivity index (χ1v) is 7.63. The molecule has 0 spiro atoms. The lowest BCUT2D eigenvalue weighted by molar-refractivity contribution is 0.371. The van der Waals surface area contributed by atoms with Crippen LogP contribution in [0.1, 0.15) is 45.3 Å². The van der Waals surface area contributed by atoms with E-state index in [2.05, 4.69) is 48.7 Å². The van der Waals surface area contributed by atoms with Crippen LogP contribution in [-0.4, -0.2) is 35.7 Å². The molecule has 0 atom stereocenters. The highest BCUT2D eigenvalue weighted by Gasteiger charge is 2.20. The molecule has 0 bridgehead atoms. The summed E-state index contributed by atoms with van der Waals surface area (Å²) in [5.41, 5.74) is 1.12. The van der Waals surface area contributed by atoms with Gasteiger partial charge in [-0.1, -0.05) is 0 Å². The quantitative estimate of drug-likeness (QED) is 0.887. The SMILES string of the molecule is CCN(CC1CCNCC1)c1nc(C)cn1C(C)C. The molecule has 0 amide bonds. The maximum atomic E-state index is 4.74. The smallest absolute Gasteiger partial charge is 0.205 e. The second kappa shape index (κ2) is 6.42. The predicted octanol–water partition coefficient (Wildman–Crippen LogP) is 2.60. The molecule has 2 heterocycles. The number of hydrogen-bond acceptors (Lipinski definition) is 3. The molecule has 0 aliphatic carbocycles. The van der Waals surface area contributed by atoms with E-state index >= 15 is 0 Å². The fraction of sp³-hybridized carbons (Fsp3) is 0.800. The molecule has 1 aromatic rings. The maximum absolute atomic E-state index is 4.74. The zero-order valence-corrected chi connectivity index (χ0v) is 12.8. The van der Waals surface area contributed by atoms with Gasteiger partial charge in [-0.05, 0) is 59.5 Å². The summed E-state index contributed by atoms with van der Waals surface area (Å²) in [7, 11) is 0. The molecule has 1 aromatic heterocycles. The lowest BCUT2D eigenvalue weighted by Crippen LogP contribution is -2.37. The van der Waals surface area contributed by atoms with Crippen molar-refractivity contribution < 1.29 is 0 Å². The molecule has 1 saturated heterocycles. The number of nitrogens with zero attached hydrogens (tertiary/aromatic N) is 3. The maximum Gasteiger partial charge on any atom is 0.205 e. The molecule has 1 aliphatic heterocycles. The van der Waals surface area contributed by atoms with Crippen LogP contribution in [0.3, 0.4) is 0 Å². The number of imidazole rings is 1. The Morgan fingerprint density at radius 1 is 1.42 bits per heavy atom. The molecule has 1 fully saturated rings. The van der Waals surface area contributed by atoms with Crippen molar-refractivity contribution in [2.45, 2.75) is 46.6 Å². The van der Waals surface area contributed by atoms with Gasteiger partial charge in [-0.3, -0.25) is 0 Å². The van der Waals surface area contributed by atoms with Crippen molar-refractivity contribution in [1.82, 2.24) is 14.9 Å². The molecular formula is C15H28N4. The van der Waals surface area contributed by atoms with Crippen molar-refractivity contribution in [3.8, 4) is 0 Å². The van der Waals surface area contributed by atoms with Crippen LogP contribution in [0.25, 0.3) is 0 Å². The highest BCUT2D eigenvalue weighted by Crippen LogP contribution is 2.22. The largest absolute Gasteiger partial charge is 0.342 e. The van der Waals surface area contributed by atoms with Crippen LogP contribution >= 0.6 is 0 Å². The van der Waals surface area contributed by atoms with Crippen LogP contribution in [-0.2, 0) is 0 Å². The zero-order valence-electron chi connectivity index (χ0n) is 12.8. The summed E-state index contributed by atoms with van der Waals surface area (Å²) < 4.78 is 2.31. The van der Waals surface area contributed by atoms with Crippen molar-refractivity contribution in [3.05, 3.63) is 11.9 Å². The fourth-order valence-corrected chi connectivity index (χ4v) is 2.85. The average molecular weight is 264 g/mol. The van der Waals surface area contributed by atoms with E-state index in [4.69, 9.17) is 4.98 Å². The van der Waals surface area contributed by atoms with Crippen LogP contribution in [0.15, 0.2) is 6.20 Å². The Hall–Kier alpha value is -1.03. The molecule has 108 valence electrons. The predicted molar refractivity (Wildman–Crippen MR) is 80.8 cm³/mol. The number of hydrogen-bond donors (Lipinski definition) is 1. The summed E-state index contributed by atoms with van der Waals surface area (Å²) >= 11 is 0. The minimum atomic E-state index is 0.471. The van der Waals surface area contributed by atoms with Crippen LogP contribution in [0, 0.1) is 12.8 Å². The number of rotatable bonds is 5. The van der Waals surface area contributed by atoms with Crippen molar-refractivity contribution in [2.24, 2.45) is 5.92 Å². The van der Waals surface area contributed by atoms with Crippen molar-refractivity contribution in [1.29, 1.82) is 0 Å². The summed E-state index contributed by atoms with van der Waals surface area (Å²) in [6.45, 7) is 13.3. The third kappa shape index (κ3) is 3.50. The van der Waals surface area contributed by atoms with Gasteiger partial charge in [0.1, 0.15) is 0 Å². The van der Waals surface area contributed by atoms with Crippen LogP contribution < -0.4 is 10.2 Å². The molecule has 0 radical (unpaired) electrons. The lowest BCUT2D eigenvalue weighted by atomic mass is 9.97. The van der Waals surface area contributed by atoms with Gasteiger partial charge in [-0.15, -0.1) is 0 Å². The Kier molecular flexibility index (Phi) is 4.86. The van der Waals surface area contributed by atoms with Gasteiger partial charge < -0.3 is 14.8 Å². The van der Waals surface area contributed by atoms with E-state index in [0.717, 1.165) is 30.6 Å². The van der Waals surface area contributed by atoms with E-state index < -0.39 is 0 Å². The minimum absolute atomic E-state index is 0.471. The van der Waals surface area contributed by atoms with Crippen molar-refractivity contribution in [2.75, 3.05) is 31.1 Å². The Labute approximate surface area is 117 Å². The van der Waals surface area contributed by atoms with Crippen LogP contribution in [0.5, 0.6) is 0 Å². The van der Waals surface area contributed by atoms with Gasteiger partial charge in [0.15, 0.2) is 0 Å². The third-order valence-electron chi connectivity index (χ3n) is 3.99. The number of aromatic nitrogens is 2. The van der Waals surface area contributed by atoms with Crippen LogP contribution in [0.2, 0.25) is 0 Å². The summed E-state index contributed by atoms with van der Waals surface area (Å²) in [5, 5.41) is 3.44. The highest BCUT2D eigenvalue weighted by atomic mass is 15.3. The molecule has 2 rings (SSSR count). The Morgan fingerprint density at radius 3 is 2.68 bits per heavy atom. The van der Waals surface area contributed by atoms with E-state index in [1.165, 1.54) is 25.9 Å². The van der Waals surface area contributed by atoms with Crippen LogP contribution in [0.4, 0.5) is 5.95 Å². The molecule has 0 unspecified atom stereocenters. The highest BCUT2D eigenvalue weighted by molar-refractivity contribution is 5.34. The summed E-state index contributed by atoms with van der Waals surface area (Å²) in [5.74, 6) is 1.95. The molecule has 19 heavy (non-hydrogen) atoms. The van der Waals surface area contributed by atoms with Gasteiger partial charge >= 0.3 is 0 Å². The number of anilines is 1. The zero-order chi connectivity index (χ0) is 13.8. The van der Waals surface area contributed by atoms with Gasteiger partial charge in [0.2, 0.25) is 5.95 Å². The van der Waals surface area contributed by atoms with E-state index in [-0.39, 0.29) is 0 Å². The molecule has 4 nitrogen and oxygen atoms in total. The van der Waals surface area contributed by atoms with E-state index in [9.17, 15) is 0 Å². The van der Waals surface area contributed by atoms with Gasteiger partial charge in [-0.2, -0.15) is 0 Å². The molecule has 1 aliphatic rings. The first-order chi connectivity index (χ1) is 9.11. The van der Waals surface area contributed by atoms with Gasteiger partial charge in [0, 0.05) is 25.3 Å². The van der Waals surface area contributed by atoms with Crippen molar-refractivity contribution >= 4 is 5.95 Å². The summed E-state index contributed by atoms with van der Waals surface area (Å²) in [4.78, 5) is 7.19.